The zero-order valence-electron chi connectivity index (χ0n) is 12.6. The van der Waals surface area contributed by atoms with E-state index < -0.39 is 0 Å². The van der Waals surface area contributed by atoms with Gasteiger partial charge in [-0.15, -0.1) is 11.3 Å². The Labute approximate surface area is 138 Å². The van der Waals surface area contributed by atoms with Gasteiger partial charge in [0.1, 0.15) is 0 Å². The Hall–Kier alpha value is -2.21. The number of fused-ring (bicyclic) bond motifs is 2. The summed E-state index contributed by atoms with van der Waals surface area (Å²) in [6.45, 7) is 2.29. The summed E-state index contributed by atoms with van der Waals surface area (Å²) < 4.78 is 1.09. The minimum Gasteiger partial charge on any atom is -0.326 e. The van der Waals surface area contributed by atoms with Gasteiger partial charge in [0.2, 0.25) is 0 Å². The first kappa shape index (κ1) is 14.4. The monoisotopic (exact) mass is 323 g/mol. The molecule has 0 fully saturated rings. The highest BCUT2D eigenvalue weighted by molar-refractivity contribution is 7.17. The summed E-state index contributed by atoms with van der Waals surface area (Å²) in [5.41, 5.74) is 10.9. The molecule has 3 aromatic rings. The molecule has 116 valence electrons. The van der Waals surface area contributed by atoms with Gasteiger partial charge in [-0.3, -0.25) is 4.79 Å². The molecule has 5 heteroatoms. The fourth-order valence-corrected chi connectivity index (χ4v) is 3.97. The zero-order valence-corrected chi connectivity index (χ0v) is 13.4. The third-order valence-electron chi connectivity index (χ3n) is 4.23. The Morgan fingerprint density at radius 2 is 2.04 bits per heavy atom. The number of hydrogen-bond acceptors (Lipinski definition) is 4. The van der Waals surface area contributed by atoms with Crippen LogP contribution >= 0.6 is 11.3 Å². The van der Waals surface area contributed by atoms with Crippen molar-refractivity contribution < 1.29 is 4.79 Å². The number of thiophene rings is 1. The normalized spacial score (nSPS) is 13.3. The molecule has 0 bridgehead atoms. The first-order valence-electron chi connectivity index (χ1n) is 7.58. The topological polar surface area (TPSA) is 67.2 Å². The van der Waals surface area contributed by atoms with Crippen molar-refractivity contribution in [2.75, 3.05) is 5.32 Å². The quantitative estimate of drug-likeness (QED) is 0.693. The molecule has 4 N–H and O–H groups in total. The predicted octanol–water partition coefficient (Wildman–Crippen LogP) is 3.22. The second-order valence-electron chi connectivity index (χ2n) is 5.72. The lowest BCUT2D eigenvalue weighted by atomic mass is 10.1. The highest BCUT2D eigenvalue weighted by Crippen LogP contribution is 2.27. The Balaban J connectivity index is 1.59. The second kappa shape index (κ2) is 5.77. The maximum absolute atomic E-state index is 12.5. The molecule has 0 radical (unpaired) electrons. The number of amides is 1. The summed E-state index contributed by atoms with van der Waals surface area (Å²) in [6.07, 6.45) is 0. The third kappa shape index (κ3) is 2.63. The summed E-state index contributed by atoms with van der Waals surface area (Å²) in [5, 5.41) is 9.49. The van der Waals surface area contributed by atoms with Gasteiger partial charge in [0.15, 0.2) is 0 Å². The van der Waals surface area contributed by atoms with Crippen LogP contribution in [0.4, 0.5) is 5.69 Å². The van der Waals surface area contributed by atoms with E-state index in [2.05, 4.69) is 22.1 Å². The minimum atomic E-state index is -0.0829. The van der Waals surface area contributed by atoms with Crippen molar-refractivity contribution in [1.29, 1.82) is 0 Å². The van der Waals surface area contributed by atoms with E-state index in [0.717, 1.165) is 34.4 Å². The number of anilines is 1. The van der Waals surface area contributed by atoms with Crippen LogP contribution in [0.25, 0.3) is 10.1 Å². The van der Waals surface area contributed by atoms with Gasteiger partial charge < -0.3 is 16.4 Å². The molecule has 1 aliphatic rings. The lowest BCUT2D eigenvalue weighted by molar-refractivity contribution is 0.102. The fourth-order valence-electron chi connectivity index (χ4n) is 2.96. The van der Waals surface area contributed by atoms with Crippen molar-refractivity contribution in [2.45, 2.75) is 19.6 Å². The van der Waals surface area contributed by atoms with Crippen molar-refractivity contribution in [3.8, 4) is 0 Å². The number of nitrogens with one attached hydrogen (secondary N) is 2. The van der Waals surface area contributed by atoms with Crippen molar-refractivity contribution in [3.63, 3.8) is 0 Å². The third-order valence-corrected chi connectivity index (χ3v) is 5.23. The molecule has 4 nitrogen and oxygen atoms in total. The van der Waals surface area contributed by atoms with Crippen LogP contribution in [0.15, 0.2) is 41.8 Å². The summed E-state index contributed by atoms with van der Waals surface area (Å²) in [5.74, 6) is -0.0829. The molecule has 23 heavy (non-hydrogen) atoms. The number of hydrogen-bond donors (Lipinski definition) is 3. The first-order chi connectivity index (χ1) is 11.2. The Morgan fingerprint density at radius 3 is 2.91 bits per heavy atom. The molecule has 0 atom stereocenters. The number of benzene rings is 2. The maximum Gasteiger partial charge on any atom is 0.255 e. The first-order valence-corrected chi connectivity index (χ1v) is 8.46. The molecule has 0 unspecified atom stereocenters. The van der Waals surface area contributed by atoms with Gasteiger partial charge in [-0.2, -0.15) is 0 Å². The van der Waals surface area contributed by atoms with Crippen molar-refractivity contribution in [2.24, 2.45) is 5.73 Å². The van der Waals surface area contributed by atoms with Crippen LogP contribution < -0.4 is 16.4 Å². The average Bonchev–Trinajstić information content (AvgIpc) is 3.19. The summed E-state index contributed by atoms with van der Waals surface area (Å²) in [6, 6.07) is 11.8. The van der Waals surface area contributed by atoms with E-state index >= 15 is 0 Å². The van der Waals surface area contributed by atoms with Crippen LogP contribution in [0, 0.1) is 0 Å². The van der Waals surface area contributed by atoms with E-state index in [9.17, 15) is 4.79 Å². The zero-order chi connectivity index (χ0) is 15.8. The van der Waals surface area contributed by atoms with Crippen LogP contribution in [0.2, 0.25) is 0 Å². The standard InChI is InChI=1S/C18H17N3OS/c19-7-14-10-23-17-6-11(2-4-16(14)17)18(22)21-15-3-1-12-8-20-9-13(12)5-15/h1-6,10,20H,7-9,19H2,(H,21,22). The van der Waals surface area contributed by atoms with Gasteiger partial charge in [0.25, 0.3) is 5.91 Å². The van der Waals surface area contributed by atoms with Crippen LogP contribution in [-0.4, -0.2) is 5.91 Å². The smallest absolute Gasteiger partial charge is 0.255 e. The van der Waals surface area contributed by atoms with E-state index in [1.165, 1.54) is 11.1 Å². The van der Waals surface area contributed by atoms with Gasteiger partial charge in [-0.25, -0.2) is 0 Å². The van der Waals surface area contributed by atoms with Crippen LogP contribution in [0.1, 0.15) is 27.0 Å². The molecule has 1 aliphatic heterocycles. The lowest BCUT2D eigenvalue weighted by Crippen LogP contribution is -2.12. The summed E-state index contributed by atoms with van der Waals surface area (Å²) in [7, 11) is 0. The van der Waals surface area contributed by atoms with Gasteiger partial charge >= 0.3 is 0 Å². The van der Waals surface area contributed by atoms with Crippen molar-refractivity contribution in [1.82, 2.24) is 5.32 Å². The van der Waals surface area contributed by atoms with Crippen LogP contribution in [0.3, 0.4) is 0 Å². The Morgan fingerprint density at radius 1 is 1.17 bits per heavy atom. The molecule has 0 spiro atoms. The van der Waals surface area contributed by atoms with E-state index in [1.807, 2.05) is 30.3 Å². The molecule has 4 rings (SSSR count). The number of carbonyl (C=O) groups excluding carboxylic acids is 1. The summed E-state index contributed by atoms with van der Waals surface area (Å²) >= 11 is 1.62. The molecule has 1 amide bonds. The molecule has 0 saturated heterocycles. The van der Waals surface area contributed by atoms with Crippen LogP contribution in [-0.2, 0) is 19.6 Å². The highest BCUT2D eigenvalue weighted by Gasteiger charge is 2.13. The van der Waals surface area contributed by atoms with Gasteiger partial charge in [-0.1, -0.05) is 12.1 Å². The van der Waals surface area contributed by atoms with E-state index in [4.69, 9.17) is 5.73 Å². The number of rotatable bonds is 3. The van der Waals surface area contributed by atoms with Crippen LogP contribution in [0.5, 0.6) is 0 Å². The molecule has 2 heterocycles. The predicted molar refractivity (Wildman–Crippen MR) is 94.7 cm³/mol. The van der Waals surface area contributed by atoms with E-state index in [0.29, 0.717) is 12.1 Å². The van der Waals surface area contributed by atoms with Gasteiger partial charge in [0.05, 0.1) is 0 Å². The number of carbonyl (C=O) groups is 1. The van der Waals surface area contributed by atoms with Gasteiger partial charge in [0, 0.05) is 35.6 Å². The van der Waals surface area contributed by atoms with Crippen molar-refractivity contribution in [3.05, 3.63) is 64.0 Å². The second-order valence-corrected chi connectivity index (χ2v) is 6.63. The molecule has 1 aromatic heterocycles. The molecular formula is C18H17N3OS. The largest absolute Gasteiger partial charge is 0.326 e. The molecule has 0 saturated carbocycles. The molecular weight excluding hydrogens is 306 g/mol. The Kier molecular flexibility index (Phi) is 3.61. The average molecular weight is 323 g/mol. The molecule has 2 aromatic carbocycles. The molecule has 0 aliphatic carbocycles. The summed E-state index contributed by atoms with van der Waals surface area (Å²) in [4.78, 5) is 12.5. The Bertz CT molecular complexity index is 900. The van der Waals surface area contributed by atoms with Crippen molar-refractivity contribution >= 4 is 33.0 Å². The maximum atomic E-state index is 12.5. The van der Waals surface area contributed by atoms with Gasteiger partial charge in [-0.05, 0) is 51.7 Å². The fraction of sp³-hybridized carbons (Fsp3) is 0.167. The lowest BCUT2D eigenvalue weighted by Gasteiger charge is -2.07. The van der Waals surface area contributed by atoms with E-state index in [1.54, 1.807) is 11.3 Å². The SMILES string of the molecule is NCc1csc2cc(C(=O)Nc3ccc4c(c3)CNC4)ccc12. The highest BCUT2D eigenvalue weighted by atomic mass is 32.1. The van der Waals surface area contributed by atoms with E-state index in [-0.39, 0.29) is 5.91 Å². The number of nitrogens with two attached hydrogens (primary N) is 1. The minimum absolute atomic E-state index is 0.0829.